The van der Waals surface area contributed by atoms with Crippen molar-refractivity contribution in [2.24, 2.45) is 5.41 Å². The van der Waals surface area contributed by atoms with Gasteiger partial charge < -0.3 is 15.4 Å². The van der Waals surface area contributed by atoms with Crippen molar-refractivity contribution in [2.45, 2.75) is 27.7 Å². The first-order chi connectivity index (χ1) is 8.76. The van der Waals surface area contributed by atoms with Crippen LogP contribution in [0.5, 0.6) is 0 Å². The van der Waals surface area contributed by atoms with E-state index in [1.165, 1.54) is 0 Å². The molecule has 1 rings (SSSR count). The maximum absolute atomic E-state index is 11.8. The maximum atomic E-state index is 11.8. The van der Waals surface area contributed by atoms with Crippen molar-refractivity contribution < 1.29 is 9.53 Å². The van der Waals surface area contributed by atoms with E-state index in [1.54, 1.807) is 19.2 Å². The molecule has 0 unspecified atom stereocenters. The van der Waals surface area contributed by atoms with E-state index in [0.717, 1.165) is 6.54 Å². The zero-order valence-electron chi connectivity index (χ0n) is 12.4. The highest BCUT2D eigenvalue weighted by Crippen LogP contribution is 2.26. The van der Waals surface area contributed by atoms with Crippen LogP contribution in [0.2, 0.25) is 0 Å². The van der Waals surface area contributed by atoms with Crippen LogP contribution in [0.1, 0.15) is 38.1 Å². The summed E-state index contributed by atoms with van der Waals surface area (Å²) in [6, 6.07) is 1.59. The van der Waals surface area contributed by atoms with Crippen LogP contribution in [0.3, 0.4) is 0 Å². The minimum atomic E-state index is -0.409. The van der Waals surface area contributed by atoms with Gasteiger partial charge in [0, 0.05) is 19.8 Å². The predicted octanol–water partition coefficient (Wildman–Crippen LogP) is 2.32. The lowest BCUT2D eigenvalue weighted by Crippen LogP contribution is -2.30. The van der Waals surface area contributed by atoms with Crippen molar-refractivity contribution in [3.63, 3.8) is 0 Å². The summed E-state index contributed by atoms with van der Waals surface area (Å²) in [6.45, 7) is 9.28. The van der Waals surface area contributed by atoms with Gasteiger partial charge in [-0.3, -0.25) is 0 Å². The van der Waals surface area contributed by atoms with Crippen molar-refractivity contribution in [1.82, 2.24) is 4.98 Å². The zero-order valence-corrected chi connectivity index (χ0v) is 12.4. The number of carbonyl (C=O) groups is 1. The SMILES string of the molecule is CCOC(=O)c1ccnc(N(C)CC(C)(C)C)c1N. The molecular weight excluding hydrogens is 242 g/mol. The molecule has 0 saturated heterocycles. The third kappa shape index (κ3) is 4.12. The third-order valence-electron chi connectivity index (χ3n) is 2.54. The number of hydrogen-bond acceptors (Lipinski definition) is 5. The first-order valence-electron chi connectivity index (χ1n) is 6.39. The molecule has 0 amide bonds. The van der Waals surface area contributed by atoms with Crippen LogP contribution in [-0.2, 0) is 4.74 Å². The Kier molecular flexibility index (Phi) is 4.75. The number of nitrogens with two attached hydrogens (primary N) is 1. The number of nitrogen functional groups attached to an aromatic ring is 1. The molecular formula is C14H23N3O2. The Morgan fingerprint density at radius 2 is 2.11 bits per heavy atom. The summed E-state index contributed by atoms with van der Waals surface area (Å²) in [7, 11) is 1.92. The van der Waals surface area contributed by atoms with Crippen LogP contribution in [0.4, 0.5) is 11.5 Å². The predicted molar refractivity (Wildman–Crippen MR) is 77.3 cm³/mol. The second-order valence-electron chi connectivity index (χ2n) is 5.73. The first kappa shape index (κ1) is 15.3. The monoisotopic (exact) mass is 265 g/mol. The van der Waals surface area contributed by atoms with Crippen LogP contribution in [-0.4, -0.2) is 31.2 Å². The molecule has 0 saturated carbocycles. The van der Waals surface area contributed by atoms with Gasteiger partial charge in [0.05, 0.1) is 17.9 Å². The number of pyridine rings is 1. The van der Waals surface area contributed by atoms with Crippen molar-refractivity contribution in [3.8, 4) is 0 Å². The van der Waals surface area contributed by atoms with E-state index in [0.29, 0.717) is 23.7 Å². The summed E-state index contributed by atoms with van der Waals surface area (Å²) in [6.07, 6.45) is 1.58. The first-order valence-corrected chi connectivity index (χ1v) is 6.39. The summed E-state index contributed by atoms with van der Waals surface area (Å²) < 4.78 is 4.98. The van der Waals surface area contributed by atoms with Crippen LogP contribution in [0, 0.1) is 5.41 Å². The van der Waals surface area contributed by atoms with E-state index in [2.05, 4.69) is 25.8 Å². The van der Waals surface area contributed by atoms with E-state index in [4.69, 9.17) is 10.5 Å². The molecule has 0 atom stereocenters. The van der Waals surface area contributed by atoms with Gasteiger partial charge in [-0.25, -0.2) is 9.78 Å². The maximum Gasteiger partial charge on any atom is 0.340 e. The van der Waals surface area contributed by atoms with Gasteiger partial charge in [0.25, 0.3) is 0 Å². The molecule has 0 bridgehead atoms. The number of rotatable bonds is 4. The van der Waals surface area contributed by atoms with Gasteiger partial charge in [-0.05, 0) is 18.4 Å². The Morgan fingerprint density at radius 1 is 1.47 bits per heavy atom. The fourth-order valence-electron chi connectivity index (χ4n) is 1.94. The Balaban J connectivity index is 3.03. The van der Waals surface area contributed by atoms with Crippen LogP contribution >= 0.6 is 0 Å². The molecule has 0 fully saturated rings. The highest BCUT2D eigenvalue weighted by Gasteiger charge is 2.20. The summed E-state index contributed by atoms with van der Waals surface area (Å²) in [4.78, 5) is 18.0. The molecule has 5 nitrogen and oxygen atoms in total. The highest BCUT2D eigenvalue weighted by atomic mass is 16.5. The van der Waals surface area contributed by atoms with Crippen LogP contribution in [0.25, 0.3) is 0 Å². The van der Waals surface area contributed by atoms with Gasteiger partial charge in [-0.2, -0.15) is 0 Å². The van der Waals surface area contributed by atoms with Crippen LogP contribution in [0.15, 0.2) is 12.3 Å². The minimum Gasteiger partial charge on any atom is -0.462 e. The number of hydrogen-bond donors (Lipinski definition) is 1. The standard InChI is InChI=1S/C14H23N3O2/c1-6-19-13(18)10-7-8-16-12(11(10)15)17(5)9-14(2,3)4/h7-8H,6,9,15H2,1-5H3. The summed E-state index contributed by atoms with van der Waals surface area (Å²) in [5.41, 5.74) is 6.88. The Bertz CT molecular complexity index is 452. The molecule has 0 radical (unpaired) electrons. The molecule has 19 heavy (non-hydrogen) atoms. The molecule has 1 aromatic rings. The Morgan fingerprint density at radius 3 is 2.63 bits per heavy atom. The average molecular weight is 265 g/mol. The van der Waals surface area contributed by atoms with Crippen molar-refractivity contribution in [3.05, 3.63) is 17.8 Å². The largest absolute Gasteiger partial charge is 0.462 e. The Hall–Kier alpha value is -1.78. The molecule has 0 aliphatic rings. The third-order valence-corrected chi connectivity index (χ3v) is 2.54. The van der Waals surface area contributed by atoms with Gasteiger partial charge in [0.15, 0.2) is 5.82 Å². The quantitative estimate of drug-likeness (QED) is 0.846. The van der Waals surface area contributed by atoms with Gasteiger partial charge in [0.2, 0.25) is 0 Å². The van der Waals surface area contributed by atoms with Crippen LogP contribution < -0.4 is 10.6 Å². The topological polar surface area (TPSA) is 68.5 Å². The fourth-order valence-corrected chi connectivity index (χ4v) is 1.94. The van der Waals surface area contributed by atoms with E-state index >= 15 is 0 Å². The second-order valence-corrected chi connectivity index (χ2v) is 5.73. The Labute approximate surface area is 114 Å². The molecule has 0 spiro atoms. The van der Waals surface area contributed by atoms with Gasteiger partial charge in [0.1, 0.15) is 0 Å². The molecule has 0 aliphatic carbocycles. The van der Waals surface area contributed by atoms with E-state index < -0.39 is 5.97 Å². The normalized spacial score (nSPS) is 11.2. The minimum absolute atomic E-state index is 0.114. The smallest absolute Gasteiger partial charge is 0.340 e. The number of anilines is 2. The molecule has 2 N–H and O–H groups in total. The lowest BCUT2D eigenvalue weighted by atomic mass is 9.96. The molecule has 1 heterocycles. The average Bonchev–Trinajstić information content (AvgIpc) is 2.27. The van der Waals surface area contributed by atoms with Gasteiger partial charge >= 0.3 is 5.97 Å². The van der Waals surface area contributed by atoms with Gasteiger partial charge in [-0.1, -0.05) is 20.8 Å². The molecule has 5 heteroatoms. The highest BCUT2D eigenvalue weighted by molar-refractivity contribution is 5.97. The number of esters is 1. The number of nitrogens with zero attached hydrogens (tertiary/aromatic N) is 2. The van der Waals surface area contributed by atoms with Crippen molar-refractivity contribution >= 4 is 17.5 Å². The molecule has 106 valence electrons. The van der Waals surface area contributed by atoms with Crippen molar-refractivity contribution in [2.75, 3.05) is 30.8 Å². The molecule has 0 aromatic carbocycles. The second kappa shape index (κ2) is 5.91. The summed E-state index contributed by atoms with van der Waals surface area (Å²) in [5.74, 6) is 0.202. The van der Waals surface area contributed by atoms with E-state index in [1.807, 2.05) is 11.9 Å². The van der Waals surface area contributed by atoms with Gasteiger partial charge in [-0.15, -0.1) is 0 Å². The lowest BCUT2D eigenvalue weighted by molar-refractivity contribution is 0.0527. The zero-order chi connectivity index (χ0) is 14.6. The fraction of sp³-hybridized carbons (Fsp3) is 0.571. The summed E-state index contributed by atoms with van der Waals surface area (Å²) in [5, 5.41) is 0. The summed E-state index contributed by atoms with van der Waals surface area (Å²) >= 11 is 0. The van der Waals surface area contributed by atoms with Crippen molar-refractivity contribution in [1.29, 1.82) is 0 Å². The van der Waals surface area contributed by atoms with E-state index in [9.17, 15) is 4.79 Å². The number of carbonyl (C=O) groups excluding carboxylic acids is 1. The van der Waals surface area contributed by atoms with E-state index in [-0.39, 0.29) is 5.41 Å². The lowest BCUT2D eigenvalue weighted by Gasteiger charge is -2.28. The number of ether oxygens (including phenoxy) is 1. The molecule has 1 aromatic heterocycles. The number of aromatic nitrogens is 1. The molecule has 0 aliphatic heterocycles.